The number of para-hydroxylation sites is 1. The smallest absolute Gasteiger partial charge is 0.316 e. The van der Waals surface area contributed by atoms with Gasteiger partial charge in [0.1, 0.15) is 0 Å². The van der Waals surface area contributed by atoms with Gasteiger partial charge in [-0.05, 0) is 26.0 Å². The summed E-state index contributed by atoms with van der Waals surface area (Å²) >= 11 is 1.34. The third-order valence-electron chi connectivity index (χ3n) is 4.68. The molecule has 2 heterocycles. The van der Waals surface area contributed by atoms with Crippen LogP contribution in [0.2, 0.25) is 0 Å². The summed E-state index contributed by atoms with van der Waals surface area (Å²) in [6.45, 7) is 4.90. The Balaban J connectivity index is 1.80. The number of carbonyl (C=O) groups excluding carboxylic acids is 1. The highest BCUT2D eigenvalue weighted by molar-refractivity contribution is 7.99. The van der Waals surface area contributed by atoms with Crippen molar-refractivity contribution in [1.82, 2.24) is 19.7 Å². The largest absolute Gasteiger partial charge is 0.465 e. The topological polar surface area (TPSA) is 69.9 Å². The van der Waals surface area contributed by atoms with Gasteiger partial charge >= 0.3 is 5.97 Å². The maximum atomic E-state index is 11.8. The van der Waals surface area contributed by atoms with Gasteiger partial charge in [-0.25, -0.2) is 4.98 Å². The van der Waals surface area contributed by atoms with Crippen LogP contribution in [0, 0.1) is 0 Å². The number of aromatic nitrogens is 4. The highest BCUT2D eigenvalue weighted by Crippen LogP contribution is 2.32. The van der Waals surface area contributed by atoms with Crippen molar-refractivity contribution in [3.8, 4) is 22.6 Å². The summed E-state index contributed by atoms with van der Waals surface area (Å²) in [7, 11) is 0. The van der Waals surface area contributed by atoms with Gasteiger partial charge in [-0.2, -0.15) is 0 Å². The second-order valence-corrected chi connectivity index (χ2v) is 7.52. The molecule has 0 bridgehead atoms. The van der Waals surface area contributed by atoms with E-state index in [-0.39, 0.29) is 11.7 Å². The SMILES string of the molecule is CCOC(=O)CSc1nnc(-c2cc(-c3ccccc3)nc3ccccc23)n1CC. The van der Waals surface area contributed by atoms with Crippen LogP contribution in [0.4, 0.5) is 0 Å². The van der Waals surface area contributed by atoms with Gasteiger partial charge in [-0.15, -0.1) is 10.2 Å². The molecular weight excluding hydrogens is 396 g/mol. The van der Waals surface area contributed by atoms with E-state index in [2.05, 4.69) is 16.3 Å². The Morgan fingerprint density at radius 1 is 1.03 bits per heavy atom. The molecule has 0 saturated carbocycles. The van der Waals surface area contributed by atoms with Gasteiger partial charge in [0, 0.05) is 23.1 Å². The zero-order valence-electron chi connectivity index (χ0n) is 16.9. The molecule has 4 aromatic rings. The minimum atomic E-state index is -0.254. The first-order valence-corrected chi connectivity index (χ1v) is 10.9. The molecule has 30 heavy (non-hydrogen) atoms. The van der Waals surface area contributed by atoms with Crippen LogP contribution in [0.1, 0.15) is 13.8 Å². The molecule has 0 unspecified atom stereocenters. The predicted octanol–water partition coefficient (Wildman–Crippen LogP) is 4.84. The molecular formula is C23H22N4O2S. The second-order valence-electron chi connectivity index (χ2n) is 6.58. The normalized spacial score (nSPS) is 11.0. The van der Waals surface area contributed by atoms with Gasteiger partial charge in [0.05, 0.1) is 23.6 Å². The number of pyridine rings is 1. The Morgan fingerprint density at radius 3 is 2.57 bits per heavy atom. The molecule has 0 aliphatic carbocycles. The molecule has 4 rings (SSSR count). The molecule has 7 heteroatoms. The Kier molecular flexibility index (Phi) is 6.09. The fraction of sp³-hybridized carbons (Fsp3) is 0.217. The molecule has 0 fully saturated rings. The van der Waals surface area contributed by atoms with Crippen molar-refractivity contribution >= 4 is 28.6 Å². The summed E-state index contributed by atoms with van der Waals surface area (Å²) < 4.78 is 7.05. The van der Waals surface area contributed by atoms with Gasteiger partial charge in [0.2, 0.25) is 0 Å². The van der Waals surface area contributed by atoms with Crippen LogP contribution >= 0.6 is 11.8 Å². The number of esters is 1. The number of thioether (sulfide) groups is 1. The number of nitrogens with zero attached hydrogens (tertiary/aromatic N) is 4. The van der Waals surface area contributed by atoms with Gasteiger partial charge in [0.25, 0.3) is 0 Å². The van der Waals surface area contributed by atoms with E-state index in [1.807, 2.05) is 66.1 Å². The Bertz CT molecular complexity index is 1170. The Hall–Kier alpha value is -3.19. The lowest BCUT2D eigenvalue weighted by Crippen LogP contribution is -2.08. The van der Waals surface area contributed by atoms with Crippen molar-refractivity contribution in [2.75, 3.05) is 12.4 Å². The standard InChI is InChI=1S/C23H22N4O2S/c1-3-27-22(25-26-23(27)30-15-21(28)29-4-2)18-14-20(16-10-6-5-7-11-16)24-19-13-9-8-12-17(18)19/h5-14H,3-4,15H2,1-2H3. The first-order valence-electron chi connectivity index (χ1n) is 9.88. The number of rotatable bonds is 7. The zero-order chi connectivity index (χ0) is 20.9. The third kappa shape index (κ3) is 4.07. The molecule has 0 atom stereocenters. The van der Waals surface area contributed by atoms with Crippen molar-refractivity contribution < 1.29 is 9.53 Å². The summed E-state index contributed by atoms with van der Waals surface area (Å²) in [5, 5.41) is 10.5. The van der Waals surface area contributed by atoms with Crippen molar-refractivity contribution in [3.63, 3.8) is 0 Å². The van der Waals surface area contributed by atoms with Crippen molar-refractivity contribution in [1.29, 1.82) is 0 Å². The summed E-state index contributed by atoms with van der Waals surface area (Å²) in [4.78, 5) is 16.6. The molecule has 0 amide bonds. The Morgan fingerprint density at radius 2 is 1.80 bits per heavy atom. The maximum absolute atomic E-state index is 11.8. The monoisotopic (exact) mass is 418 g/mol. The zero-order valence-corrected chi connectivity index (χ0v) is 17.7. The van der Waals surface area contributed by atoms with Gasteiger partial charge in [-0.1, -0.05) is 60.3 Å². The Labute approximate surface area is 179 Å². The third-order valence-corrected chi connectivity index (χ3v) is 5.62. The molecule has 0 saturated heterocycles. The van der Waals surface area contributed by atoms with E-state index in [0.717, 1.165) is 33.5 Å². The quantitative estimate of drug-likeness (QED) is 0.316. The summed E-state index contributed by atoms with van der Waals surface area (Å²) in [6.07, 6.45) is 0. The van der Waals surface area contributed by atoms with E-state index in [1.54, 1.807) is 6.92 Å². The minimum absolute atomic E-state index is 0.207. The van der Waals surface area contributed by atoms with Gasteiger partial charge < -0.3 is 9.30 Å². The number of benzene rings is 2. The molecule has 2 aromatic carbocycles. The molecule has 6 nitrogen and oxygen atoms in total. The predicted molar refractivity (Wildman–Crippen MR) is 119 cm³/mol. The van der Waals surface area contributed by atoms with E-state index >= 15 is 0 Å². The average Bonchev–Trinajstić information content (AvgIpc) is 3.20. The van der Waals surface area contributed by atoms with E-state index in [1.165, 1.54) is 11.8 Å². The van der Waals surface area contributed by atoms with Gasteiger partial charge in [-0.3, -0.25) is 4.79 Å². The van der Waals surface area contributed by atoms with Crippen LogP contribution in [0.3, 0.4) is 0 Å². The van der Waals surface area contributed by atoms with Crippen LogP contribution < -0.4 is 0 Å². The van der Waals surface area contributed by atoms with Crippen molar-refractivity contribution in [2.24, 2.45) is 0 Å². The van der Waals surface area contributed by atoms with Crippen molar-refractivity contribution in [2.45, 2.75) is 25.5 Å². The number of carbonyl (C=O) groups is 1. The molecule has 152 valence electrons. The second kappa shape index (κ2) is 9.09. The average molecular weight is 419 g/mol. The maximum Gasteiger partial charge on any atom is 0.316 e. The number of hydrogen-bond acceptors (Lipinski definition) is 6. The fourth-order valence-electron chi connectivity index (χ4n) is 3.32. The fourth-order valence-corrected chi connectivity index (χ4v) is 4.12. The van der Waals surface area contributed by atoms with E-state index in [9.17, 15) is 4.79 Å². The highest BCUT2D eigenvalue weighted by atomic mass is 32.2. The molecule has 0 spiro atoms. The first kappa shape index (κ1) is 20.1. The van der Waals surface area contributed by atoms with Crippen molar-refractivity contribution in [3.05, 3.63) is 60.7 Å². The molecule has 0 aliphatic rings. The molecule has 2 aromatic heterocycles. The van der Waals surface area contributed by atoms with E-state index in [4.69, 9.17) is 9.72 Å². The van der Waals surface area contributed by atoms with Crippen LogP contribution in [0.25, 0.3) is 33.5 Å². The molecule has 0 aliphatic heterocycles. The van der Waals surface area contributed by atoms with Crippen LogP contribution in [-0.4, -0.2) is 38.1 Å². The first-order chi connectivity index (χ1) is 14.7. The lowest BCUT2D eigenvalue weighted by Gasteiger charge is -2.11. The van der Waals surface area contributed by atoms with Crippen LogP contribution in [-0.2, 0) is 16.1 Å². The molecule has 0 N–H and O–H groups in total. The van der Waals surface area contributed by atoms with E-state index < -0.39 is 0 Å². The number of hydrogen-bond donors (Lipinski definition) is 0. The molecule has 0 radical (unpaired) electrons. The van der Waals surface area contributed by atoms with Crippen LogP contribution in [0.15, 0.2) is 65.8 Å². The van der Waals surface area contributed by atoms with E-state index in [0.29, 0.717) is 18.3 Å². The lowest BCUT2D eigenvalue weighted by atomic mass is 10.0. The van der Waals surface area contributed by atoms with Crippen LogP contribution in [0.5, 0.6) is 0 Å². The summed E-state index contributed by atoms with van der Waals surface area (Å²) in [6, 6.07) is 20.2. The summed E-state index contributed by atoms with van der Waals surface area (Å²) in [5.74, 6) is 0.716. The number of ether oxygens (including phenoxy) is 1. The lowest BCUT2D eigenvalue weighted by molar-refractivity contribution is -0.139. The summed E-state index contributed by atoms with van der Waals surface area (Å²) in [5.41, 5.74) is 3.80. The highest BCUT2D eigenvalue weighted by Gasteiger charge is 2.18. The minimum Gasteiger partial charge on any atom is -0.465 e. The van der Waals surface area contributed by atoms with Gasteiger partial charge in [0.15, 0.2) is 11.0 Å². The number of fused-ring (bicyclic) bond motifs is 1.